The van der Waals surface area contributed by atoms with E-state index in [0.717, 1.165) is 18.3 Å². The molecule has 7 heteroatoms. The van der Waals surface area contributed by atoms with E-state index in [1.165, 1.54) is 0 Å². The van der Waals surface area contributed by atoms with E-state index in [1.54, 1.807) is 0 Å². The van der Waals surface area contributed by atoms with Crippen molar-refractivity contribution in [2.24, 2.45) is 5.11 Å². The molecule has 0 amide bonds. The monoisotopic (exact) mass is 188 g/mol. The van der Waals surface area contributed by atoms with Crippen LogP contribution in [0.2, 0.25) is 0 Å². The van der Waals surface area contributed by atoms with E-state index in [-0.39, 0.29) is 5.69 Å². The minimum absolute atomic E-state index is 0.0514. The normalized spacial score (nSPS) is 10.7. The van der Waals surface area contributed by atoms with Crippen molar-refractivity contribution in [3.8, 4) is 0 Å². The Labute approximate surface area is 70.6 Å². The van der Waals surface area contributed by atoms with Crippen molar-refractivity contribution in [2.45, 2.75) is 6.18 Å². The molecule has 68 valence electrons. The predicted molar refractivity (Wildman–Crippen MR) is 38.0 cm³/mol. The molecule has 0 saturated heterocycles. The second-order valence-corrected chi connectivity index (χ2v) is 2.09. The van der Waals surface area contributed by atoms with Crippen LogP contribution in [-0.2, 0) is 6.18 Å². The lowest BCUT2D eigenvalue weighted by atomic mass is 10.3. The van der Waals surface area contributed by atoms with Crippen LogP contribution < -0.4 is 0 Å². The molecule has 1 aromatic rings. The summed E-state index contributed by atoms with van der Waals surface area (Å²) in [6, 6.07) is 1.81. The van der Waals surface area contributed by atoms with Crippen LogP contribution in [0, 0.1) is 0 Å². The van der Waals surface area contributed by atoms with E-state index in [4.69, 9.17) is 5.53 Å². The van der Waals surface area contributed by atoms with Crippen LogP contribution in [0.1, 0.15) is 5.69 Å². The third kappa shape index (κ3) is 2.34. The molecular weight excluding hydrogens is 185 g/mol. The third-order valence-corrected chi connectivity index (χ3v) is 1.20. The summed E-state index contributed by atoms with van der Waals surface area (Å²) in [6.07, 6.45) is -3.60. The maximum Gasteiger partial charge on any atom is 0.433 e. The van der Waals surface area contributed by atoms with Gasteiger partial charge in [0.05, 0.1) is 5.69 Å². The van der Waals surface area contributed by atoms with E-state index >= 15 is 0 Å². The van der Waals surface area contributed by atoms with Gasteiger partial charge in [0.15, 0.2) is 0 Å². The predicted octanol–water partition coefficient (Wildman–Crippen LogP) is 3.04. The van der Waals surface area contributed by atoms with Crippen molar-refractivity contribution >= 4 is 5.69 Å². The Hall–Kier alpha value is -1.75. The Morgan fingerprint density at radius 3 is 2.46 bits per heavy atom. The number of halogens is 3. The van der Waals surface area contributed by atoms with Gasteiger partial charge in [0.1, 0.15) is 5.69 Å². The zero-order valence-corrected chi connectivity index (χ0v) is 6.15. The van der Waals surface area contributed by atoms with Crippen LogP contribution >= 0.6 is 0 Å². The molecular formula is C6H3F3N4. The average Bonchev–Trinajstić information content (AvgIpc) is 2.04. The molecule has 13 heavy (non-hydrogen) atoms. The van der Waals surface area contributed by atoms with E-state index in [9.17, 15) is 13.2 Å². The van der Waals surface area contributed by atoms with Crippen molar-refractivity contribution in [3.63, 3.8) is 0 Å². The van der Waals surface area contributed by atoms with E-state index in [2.05, 4.69) is 15.0 Å². The van der Waals surface area contributed by atoms with Crippen molar-refractivity contribution < 1.29 is 13.2 Å². The first-order chi connectivity index (χ1) is 6.04. The molecule has 1 rings (SSSR count). The van der Waals surface area contributed by atoms with E-state index < -0.39 is 11.9 Å². The summed E-state index contributed by atoms with van der Waals surface area (Å²) in [4.78, 5) is 5.48. The lowest BCUT2D eigenvalue weighted by molar-refractivity contribution is -0.141. The number of hydrogen-bond acceptors (Lipinski definition) is 2. The molecule has 0 N–H and O–H groups in total. The highest BCUT2D eigenvalue weighted by molar-refractivity contribution is 5.34. The van der Waals surface area contributed by atoms with Gasteiger partial charge in [-0.2, -0.15) is 13.2 Å². The van der Waals surface area contributed by atoms with Crippen molar-refractivity contribution in [1.29, 1.82) is 0 Å². The van der Waals surface area contributed by atoms with Gasteiger partial charge < -0.3 is 0 Å². The standard InChI is InChI=1S/C6H3F3N4/c7-6(8,9)5-2-1-4(3-11-5)12-13-10/h1-3H. The van der Waals surface area contributed by atoms with Crippen LogP contribution in [-0.4, -0.2) is 4.98 Å². The highest BCUT2D eigenvalue weighted by Gasteiger charge is 2.31. The van der Waals surface area contributed by atoms with Gasteiger partial charge in [0.2, 0.25) is 0 Å². The first kappa shape index (κ1) is 9.34. The Kier molecular flexibility index (Phi) is 2.39. The number of hydrogen-bond donors (Lipinski definition) is 0. The minimum atomic E-state index is -4.46. The Bertz CT molecular complexity index is 336. The molecule has 1 heterocycles. The lowest BCUT2D eigenvalue weighted by Gasteiger charge is -2.03. The summed E-state index contributed by atoms with van der Waals surface area (Å²) < 4.78 is 35.8. The molecule has 0 saturated carbocycles. The molecule has 0 aliphatic heterocycles. The highest BCUT2D eigenvalue weighted by Crippen LogP contribution is 2.28. The van der Waals surface area contributed by atoms with Crippen LogP contribution in [0.3, 0.4) is 0 Å². The molecule has 0 aliphatic carbocycles. The van der Waals surface area contributed by atoms with Crippen LogP contribution in [0.4, 0.5) is 18.9 Å². The fourth-order valence-corrected chi connectivity index (χ4v) is 0.665. The molecule has 0 radical (unpaired) electrons. The van der Waals surface area contributed by atoms with E-state index in [0.29, 0.717) is 0 Å². The van der Waals surface area contributed by atoms with Gasteiger partial charge >= 0.3 is 6.18 Å². The fourth-order valence-electron chi connectivity index (χ4n) is 0.665. The summed E-state index contributed by atoms with van der Waals surface area (Å²) in [5.74, 6) is 0. The number of azide groups is 1. The summed E-state index contributed by atoms with van der Waals surface area (Å²) in [5.41, 5.74) is 7.00. The van der Waals surface area contributed by atoms with Crippen molar-refractivity contribution in [1.82, 2.24) is 4.98 Å². The summed E-state index contributed by atoms with van der Waals surface area (Å²) >= 11 is 0. The Morgan fingerprint density at radius 2 is 2.08 bits per heavy atom. The largest absolute Gasteiger partial charge is 0.433 e. The smallest absolute Gasteiger partial charge is 0.251 e. The summed E-state index contributed by atoms with van der Waals surface area (Å²) in [7, 11) is 0. The second kappa shape index (κ2) is 3.32. The minimum Gasteiger partial charge on any atom is -0.251 e. The summed E-state index contributed by atoms with van der Waals surface area (Å²) in [6.45, 7) is 0. The Morgan fingerprint density at radius 1 is 1.38 bits per heavy atom. The number of nitrogens with zero attached hydrogens (tertiary/aromatic N) is 4. The van der Waals surface area contributed by atoms with Gasteiger partial charge in [-0.1, -0.05) is 5.11 Å². The van der Waals surface area contributed by atoms with Gasteiger partial charge in [-0.15, -0.1) is 0 Å². The second-order valence-electron chi connectivity index (χ2n) is 2.09. The molecule has 4 nitrogen and oxygen atoms in total. The number of aromatic nitrogens is 1. The maximum atomic E-state index is 11.9. The van der Waals surface area contributed by atoms with Crippen molar-refractivity contribution in [2.75, 3.05) is 0 Å². The molecule has 0 spiro atoms. The fraction of sp³-hybridized carbons (Fsp3) is 0.167. The number of alkyl halides is 3. The maximum absolute atomic E-state index is 11.9. The number of pyridine rings is 1. The van der Waals surface area contributed by atoms with Crippen molar-refractivity contribution in [3.05, 3.63) is 34.5 Å². The van der Waals surface area contributed by atoms with Gasteiger partial charge in [-0.05, 0) is 17.7 Å². The van der Waals surface area contributed by atoms with Crippen LogP contribution in [0.25, 0.3) is 10.4 Å². The molecule has 0 aromatic carbocycles. The molecule has 0 unspecified atom stereocenters. The van der Waals surface area contributed by atoms with Crippen LogP contribution in [0.15, 0.2) is 23.4 Å². The first-order valence-electron chi connectivity index (χ1n) is 3.12. The Balaban J connectivity index is 3.00. The van der Waals surface area contributed by atoms with Gasteiger partial charge in [0.25, 0.3) is 0 Å². The zero-order chi connectivity index (χ0) is 9.90. The lowest BCUT2D eigenvalue weighted by Crippen LogP contribution is -2.06. The van der Waals surface area contributed by atoms with Gasteiger partial charge in [0, 0.05) is 11.1 Å². The van der Waals surface area contributed by atoms with Gasteiger partial charge in [-0.25, -0.2) is 0 Å². The molecule has 0 fully saturated rings. The van der Waals surface area contributed by atoms with Crippen LogP contribution in [0.5, 0.6) is 0 Å². The highest BCUT2D eigenvalue weighted by atomic mass is 19.4. The molecule has 0 atom stereocenters. The number of rotatable bonds is 1. The molecule has 0 bridgehead atoms. The average molecular weight is 188 g/mol. The van der Waals surface area contributed by atoms with Gasteiger partial charge in [-0.3, -0.25) is 4.98 Å². The summed E-state index contributed by atoms with van der Waals surface area (Å²) in [5, 5.41) is 3.08. The SMILES string of the molecule is [N-]=[N+]=Nc1ccc(C(F)(F)F)nc1. The third-order valence-electron chi connectivity index (χ3n) is 1.20. The molecule has 0 aliphatic rings. The molecule has 1 aromatic heterocycles. The zero-order valence-electron chi connectivity index (χ0n) is 6.15. The topological polar surface area (TPSA) is 61.7 Å². The quantitative estimate of drug-likeness (QED) is 0.379. The van der Waals surface area contributed by atoms with E-state index in [1.807, 2.05) is 0 Å². The first-order valence-corrected chi connectivity index (χ1v) is 3.12.